The molecule has 0 bridgehead atoms. The fourth-order valence-corrected chi connectivity index (χ4v) is 5.38. The Balaban J connectivity index is 0.00000259. The van der Waals surface area contributed by atoms with E-state index < -0.39 is 0 Å². The first-order valence-corrected chi connectivity index (χ1v) is 12.1. The molecule has 0 aliphatic carbocycles. The Bertz CT molecular complexity index is 1250. The van der Waals surface area contributed by atoms with Crippen LogP contribution in [0.4, 0.5) is 5.13 Å². The fourth-order valence-electron chi connectivity index (χ4n) is 3.82. The van der Waals surface area contributed by atoms with Gasteiger partial charge in [-0.2, -0.15) is 5.10 Å². The second-order valence-electron chi connectivity index (χ2n) is 7.58. The zero-order chi connectivity index (χ0) is 22.1. The number of nitrogens with zero attached hydrogens (tertiary/aromatic N) is 3. The Morgan fingerprint density at radius 3 is 2.45 bits per heavy atom. The van der Waals surface area contributed by atoms with Gasteiger partial charge in [-0.15, -0.1) is 39.7 Å². The minimum Gasteiger partial charge on any atom is -0.493 e. The number of thiazole rings is 1. The molecule has 3 heterocycles. The number of halogens is 1. The number of aromatic nitrogens is 1. The Morgan fingerprint density at radius 2 is 1.76 bits per heavy atom. The van der Waals surface area contributed by atoms with E-state index in [4.69, 9.17) is 19.6 Å². The van der Waals surface area contributed by atoms with Gasteiger partial charge in [0, 0.05) is 17.4 Å². The molecule has 33 heavy (non-hydrogen) atoms. The summed E-state index contributed by atoms with van der Waals surface area (Å²) in [5.41, 5.74) is 5.51. The molecule has 1 aliphatic rings. The Labute approximate surface area is 212 Å². The summed E-state index contributed by atoms with van der Waals surface area (Å²) in [5.74, 6) is 1.44. The van der Waals surface area contributed by atoms with Gasteiger partial charge in [0.2, 0.25) is 5.13 Å². The van der Waals surface area contributed by atoms with Gasteiger partial charge in [0.05, 0.1) is 36.5 Å². The van der Waals surface area contributed by atoms with Crippen LogP contribution in [0.2, 0.25) is 0 Å². The highest BCUT2D eigenvalue weighted by Gasteiger charge is 2.32. The Hall–Kier alpha value is -2.68. The van der Waals surface area contributed by atoms with Gasteiger partial charge >= 0.3 is 0 Å². The summed E-state index contributed by atoms with van der Waals surface area (Å²) in [4.78, 5) is 6.13. The van der Waals surface area contributed by atoms with Crippen molar-refractivity contribution in [3.05, 3.63) is 81.4 Å². The standard InChI is InChI=1S/C25H23N3O2S2.BrH/c1-16-6-8-17(9-7-16)20-15-32-25(26-20)28-21(14-19(27-28)24-5-4-12-31-24)18-10-11-22(29-2)23(13-18)30-3;/h4-13,15,21H,14H2,1-3H3;1H. The number of hydrazone groups is 1. The van der Waals surface area contributed by atoms with E-state index in [0.29, 0.717) is 5.75 Å². The summed E-state index contributed by atoms with van der Waals surface area (Å²) in [6, 6.07) is 18.8. The number of hydrogen-bond acceptors (Lipinski definition) is 7. The molecule has 0 fully saturated rings. The first kappa shape index (κ1) is 23.5. The van der Waals surface area contributed by atoms with Crippen molar-refractivity contribution in [3.63, 3.8) is 0 Å². The lowest BCUT2D eigenvalue weighted by Gasteiger charge is -2.22. The van der Waals surface area contributed by atoms with Crippen LogP contribution in [0.3, 0.4) is 0 Å². The molecule has 5 nitrogen and oxygen atoms in total. The molecule has 1 aliphatic heterocycles. The highest BCUT2D eigenvalue weighted by atomic mass is 79.9. The molecule has 5 rings (SSSR count). The lowest BCUT2D eigenvalue weighted by atomic mass is 10.0. The normalized spacial score (nSPS) is 15.2. The van der Waals surface area contributed by atoms with Crippen molar-refractivity contribution in [2.24, 2.45) is 5.10 Å². The third-order valence-electron chi connectivity index (χ3n) is 5.54. The predicted molar refractivity (Wildman–Crippen MR) is 143 cm³/mol. The lowest BCUT2D eigenvalue weighted by molar-refractivity contribution is 0.354. The Morgan fingerprint density at radius 1 is 0.970 bits per heavy atom. The largest absolute Gasteiger partial charge is 0.493 e. The number of thiophene rings is 1. The SMILES string of the molecule is Br.COc1ccc(C2CC(c3cccs3)=NN2c2nc(-c3ccc(C)cc3)cs2)cc1OC. The number of ether oxygens (including phenoxy) is 2. The van der Waals surface area contributed by atoms with E-state index in [1.165, 1.54) is 10.4 Å². The average molecular weight is 543 g/mol. The third kappa shape index (κ3) is 4.69. The number of methoxy groups -OCH3 is 2. The summed E-state index contributed by atoms with van der Waals surface area (Å²) in [6.45, 7) is 2.09. The van der Waals surface area contributed by atoms with Crippen molar-refractivity contribution in [1.29, 1.82) is 0 Å². The monoisotopic (exact) mass is 541 g/mol. The van der Waals surface area contributed by atoms with Crippen molar-refractivity contribution in [2.45, 2.75) is 19.4 Å². The van der Waals surface area contributed by atoms with Gasteiger partial charge in [0.1, 0.15) is 0 Å². The maximum absolute atomic E-state index is 5.56. The molecule has 8 heteroatoms. The van der Waals surface area contributed by atoms with Crippen molar-refractivity contribution < 1.29 is 9.47 Å². The molecule has 1 atom stereocenters. The number of anilines is 1. The molecule has 4 aromatic rings. The molecule has 0 radical (unpaired) electrons. The summed E-state index contributed by atoms with van der Waals surface area (Å²) in [7, 11) is 3.32. The van der Waals surface area contributed by atoms with Gasteiger partial charge in [0.15, 0.2) is 11.5 Å². The van der Waals surface area contributed by atoms with Crippen LogP contribution >= 0.6 is 39.7 Å². The second kappa shape index (κ2) is 10.1. The first-order chi connectivity index (χ1) is 15.7. The van der Waals surface area contributed by atoms with Crippen LogP contribution in [0.25, 0.3) is 11.3 Å². The molecule has 170 valence electrons. The fraction of sp³-hybridized carbons (Fsp3) is 0.200. The van der Waals surface area contributed by atoms with E-state index >= 15 is 0 Å². The zero-order valence-corrected chi connectivity index (χ0v) is 21.9. The van der Waals surface area contributed by atoms with Crippen molar-refractivity contribution >= 4 is 50.5 Å². The average Bonchev–Trinajstić information content (AvgIpc) is 3.59. The van der Waals surface area contributed by atoms with E-state index in [0.717, 1.165) is 39.8 Å². The summed E-state index contributed by atoms with van der Waals surface area (Å²) < 4.78 is 11.0. The zero-order valence-electron chi connectivity index (χ0n) is 18.5. The molecule has 0 saturated carbocycles. The summed E-state index contributed by atoms with van der Waals surface area (Å²) in [5, 5.41) is 12.1. The van der Waals surface area contributed by atoms with E-state index in [1.807, 2.05) is 12.1 Å². The summed E-state index contributed by atoms with van der Waals surface area (Å²) >= 11 is 3.33. The maximum atomic E-state index is 5.56. The smallest absolute Gasteiger partial charge is 0.207 e. The van der Waals surface area contributed by atoms with Crippen molar-refractivity contribution in [3.8, 4) is 22.8 Å². The molecule has 0 N–H and O–H groups in total. The third-order valence-corrected chi connectivity index (χ3v) is 7.29. The number of rotatable bonds is 6. The number of hydrogen-bond donors (Lipinski definition) is 0. The van der Waals surface area contributed by atoms with Gasteiger partial charge in [-0.1, -0.05) is 42.0 Å². The van der Waals surface area contributed by atoms with E-state index in [1.54, 1.807) is 36.9 Å². The highest BCUT2D eigenvalue weighted by molar-refractivity contribution is 8.93. The molecule has 2 aromatic carbocycles. The van der Waals surface area contributed by atoms with Gasteiger partial charge in [0.25, 0.3) is 0 Å². The van der Waals surface area contributed by atoms with Gasteiger partial charge < -0.3 is 9.47 Å². The highest BCUT2D eigenvalue weighted by Crippen LogP contribution is 2.42. The number of benzene rings is 2. The van der Waals surface area contributed by atoms with Crippen molar-refractivity contribution in [1.82, 2.24) is 4.98 Å². The van der Waals surface area contributed by atoms with Gasteiger partial charge in [-0.3, -0.25) is 0 Å². The van der Waals surface area contributed by atoms with Crippen LogP contribution in [0.1, 0.15) is 28.5 Å². The van der Waals surface area contributed by atoms with Crippen LogP contribution in [-0.2, 0) is 0 Å². The molecule has 1 unspecified atom stereocenters. The van der Waals surface area contributed by atoms with Gasteiger partial charge in [-0.05, 0) is 36.1 Å². The number of aryl methyl sites for hydroxylation is 1. The van der Waals surface area contributed by atoms with Crippen LogP contribution in [0.5, 0.6) is 11.5 Å². The topological polar surface area (TPSA) is 47.0 Å². The molecule has 0 spiro atoms. The lowest BCUT2D eigenvalue weighted by Crippen LogP contribution is -2.18. The molecule has 0 amide bonds. The molecular formula is C25H24BrN3O2S2. The van der Waals surface area contributed by atoms with E-state index in [-0.39, 0.29) is 23.0 Å². The van der Waals surface area contributed by atoms with Crippen LogP contribution in [0, 0.1) is 6.92 Å². The van der Waals surface area contributed by atoms with Crippen LogP contribution in [0.15, 0.2) is 70.5 Å². The minimum atomic E-state index is 0. The quantitative estimate of drug-likeness (QED) is 0.260. The maximum Gasteiger partial charge on any atom is 0.207 e. The van der Waals surface area contributed by atoms with Crippen LogP contribution in [-0.4, -0.2) is 24.9 Å². The molecular weight excluding hydrogens is 518 g/mol. The van der Waals surface area contributed by atoms with Crippen LogP contribution < -0.4 is 14.5 Å². The van der Waals surface area contributed by atoms with Gasteiger partial charge in [-0.25, -0.2) is 9.99 Å². The molecule has 0 saturated heterocycles. The molecule has 2 aromatic heterocycles. The predicted octanol–water partition coefficient (Wildman–Crippen LogP) is 7.13. The van der Waals surface area contributed by atoms with E-state index in [9.17, 15) is 0 Å². The first-order valence-electron chi connectivity index (χ1n) is 10.3. The summed E-state index contributed by atoms with van der Waals surface area (Å²) in [6.07, 6.45) is 0.801. The van der Waals surface area contributed by atoms with Crippen molar-refractivity contribution in [2.75, 3.05) is 19.2 Å². The Kier molecular flexibility index (Phi) is 7.17. The van der Waals surface area contributed by atoms with E-state index in [2.05, 4.69) is 65.2 Å². The second-order valence-corrected chi connectivity index (χ2v) is 9.37. The minimum absolute atomic E-state index is 0.